The first-order valence-corrected chi connectivity index (χ1v) is 17.5. The molecule has 2 heterocycles. The van der Waals surface area contributed by atoms with Crippen LogP contribution in [0.2, 0.25) is 0 Å². The normalized spacial score (nSPS) is 11.2. The maximum absolute atomic E-state index is 10.5. The summed E-state index contributed by atoms with van der Waals surface area (Å²) < 4.78 is 2.41. The highest BCUT2D eigenvalue weighted by atomic mass is 16.4. The minimum atomic E-state index is -0.719. The van der Waals surface area contributed by atoms with Gasteiger partial charge in [0.25, 0.3) is 0 Å². The highest BCUT2D eigenvalue weighted by Crippen LogP contribution is 2.14. The van der Waals surface area contributed by atoms with E-state index in [0.29, 0.717) is 6.54 Å². The Morgan fingerprint density at radius 2 is 1.17 bits per heavy atom. The Labute approximate surface area is 257 Å². The molecule has 236 valence electrons. The zero-order chi connectivity index (χ0) is 29.8. The second-order valence-electron chi connectivity index (χ2n) is 12.3. The molecule has 0 aliphatic rings. The Morgan fingerprint density at radius 3 is 1.74 bits per heavy atom. The van der Waals surface area contributed by atoms with Gasteiger partial charge in [-0.1, -0.05) is 102 Å². The van der Waals surface area contributed by atoms with Crippen molar-refractivity contribution >= 4 is 5.97 Å². The first-order chi connectivity index (χ1) is 20.7. The van der Waals surface area contributed by atoms with E-state index >= 15 is 0 Å². The summed E-state index contributed by atoms with van der Waals surface area (Å²) in [4.78, 5) is 14.7. The number of aromatic nitrogens is 2. The Morgan fingerprint density at radius 1 is 0.643 bits per heavy atom. The maximum atomic E-state index is 10.5. The van der Waals surface area contributed by atoms with E-state index in [4.69, 9.17) is 5.11 Å². The minimum absolute atomic E-state index is 0.224. The van der Waals surface area contributed by atoms with Crippen molar-refractivity contribution in [2.75, 3.05) is 13.1 Å². The first kappa shape index (κ1) is 35.9. The fraction of sp³-hybridized carbons (Fsp3) is 0.703. The molecule has 0 saturated heterocycles. The third-order valence-corrected chi connectivity index (χ3v) is 8.36. The summed E-state index contributed by atoms with van der Waals surface area (Å²) in [6.07, 6.45) is 38.0. The van der Waals surface area contributed by atoms with Crippen molar-refractivity contribution in [3.63, 3.8) is 0 Å². The topological polar surface area (TPSA) is 66.1 Å². The molecule has 2 rings (SSSR count). The van der Waals surface area contributed by atoms with E-state index in [1.165, 1.54) is 146 Å². The zero-order valence-corrected chi connectivity index (χ0v) is 26.8. The van der Waals surface area contributed by atoms with Crippen LogP contribution < -0.4 is 9.88 Å². The Bertz CT molecular complexity index is 890. The number of carboxylic acids is 1. The second kappa shape index (κ2) is 26.4. The van der Waals surface area contributed by atoms with Gasteiger partial charge in [-0.15, -0.1) is 0 Å². The summed E-state index contributed by atoms with van der Waals surface area (Å²) in [5.41, 5.74) is 2.87. The van der Waals surface area contributed by atoms with Crippen molar-refractivity contribution in [3.05, 3.63) is 60.2 Å². The van der Waals surface area contributed by atoms with Crippen LogP contribution in [-0.4, -0.2) is 29.1 Å². The highest BCUT2D eigenvalue weighted by Gasteiger charge is 2.04. The van der Waals surface area contributed by atoms with Crippen molar-refractivity contribution in [2.45, 2.75) is 154 Å². The fourth-order valence-electron chi connectivity index (χ4n) is 5.76. The lowest BCUT2D eigenvalue weighted by Crippen LogP contribution is -2.33. The summed E-state index contributed by atoms with van der Waals surface area (Å²) in [5, 5.41) is 11.8. The average Bonchev–Trinajstić information content (AvgIpc) is 3.00. The maximum Gasteiger partial charge on any atom is 0.304 e. The summed E-state index contributed by atoms with van der Waals surface area (Å²) in [6.45, 7) is 2.70. The van der Waals surface area contributed by atoms with Gasteiger partial charge in [-0.2, -0.15) is 0 Å². The number of unbranched alkanes of at least 4 members (excludes halogenated alkanes) is 18. The van der Waals surface area contributed by atoms with Gasteiger partial charge in [0.1, 0.15) is 6.54 Å². The predicted molar refractivity (Wildman–Crippen MR) is 176 cm³/mol. The van der Waals surface area contributed by atoms with Crippen LogP contribution in [-0.2, 0) is 24.2 Å². The second-order valence-corrected chi connectivity index (χ2v) is 12.3. The summed E-state index contributed by atoms with van der Waals surface area (Å²) in [5.74, 6) is -0.719. The van der Waals surface area contributed by atoms with E-state index in [1.807, 2.05) is 18.5 Å². The molecule has 2 N–H and O–H groups in total. The molecule has 0 radical (unpaired) electrons. The molecule has 5 nitrogen and oxygen atoms in total. The largest absolute Gasteiger partial charge is 0.481 e. The number of hydrogen-bond donors (Lipinski definition) is 2. The van der Waals surface area contributed by atoms with E-state index in [1.54, 1.807) is 0 Å². The molecule has 0 unspecified atom stereocenters. The molecular weight excluding hydrogens is 518 g/mol. The predicted octanol–water partition coefficient (Wildman–Crippen LogP) is 9.02. The van der Waals surface area contributed by atoms with Gasteiger partial charge in [0, 0.05) is 37.0 Å². The van der Waals surface area contributed by atoms with Crippen LogP contribution in [0.3, 0.4) is 0 Å². The number of aryl methyl sites for hydroxylation is 3. The molecule has 2 aromatic heterocycles. The number of carbonyl (C=O) groups is 1. The molecule has 0 aliphatic heterocycles. The van der Waals surface area contributed by atoms with Gasteiger partial charge < -0.3 is 10.4 Å². The number of aliphatic carboxylic acids is 1. The third kappa shape index (κ3) is 21.4. The molecule has 0 amide bonds. The lowest BCUT2D eigenvalue weighted by molar-refractivity contribution is -0.697. The van der Waals surface area contributed by atoms with Gasteiger partial charge in [0.05, 0.1) is 6.42 Å². The van der Waals surface area contributed by atoms with Gasteiger partial charge in [-0.25, -0.2) is 4.57 Å². The number of carboxylic acid groups (broad SMARTS) is 1. The molecule has 0 aliphatic carbocycles. The monoisotopic (exact) mass is 580 g/mol. The van der Waals surface area contributed by atoms with E-state index in [9.17, 15) is 4.79 Å². The smallest absolute Gasteiger partial charge is 0.304 e. The van der Waals surface area contributed by atoms with Gasteiger partial charge in [-0.3, -0.25) is 9.78 Å². The summed E-state index contributed by atoms with van der Waals surface area (Å²) in [7, 11) is 0. The molecule has 0 spiro atoms. The fourth-order valence-corrected chi connectivity index (χ4v) is 5.76. The van der Waals surface area contributed by atoms with Gasteiger partial charge in [0.15, 0.2) is 12.4 Å². The van der Waals surface area contributed by atoms with E-state index in [-0.39, 0.29) is 6.42 Å². The van der Waals surface area contributed by atoms with Crippen molar-refractivity contribution in [3.8, 4) is 0 Å². The Kier molecular flexibility index (Phi) is 22.6. The molecule has 42 heavy (non-hydrogen) atoms. The Balaban J connectivity index is 1.32. The van der Waals surface area contributed by atoms with Crippen LogP contribution in [0.15, 0.2) is 49.1 Å². The van der Waals surface area contributed by atoms with E-state index < -0.39 is 5.97 Å². The zero-order valence-electron chi connectivity index (χ0n) is 26.8. The van der Waals surface area contributed by atoms with Crippen molar-refractivity contribution in [1.29, 1.82) is 0 Å². The minimum Gasteiger partial charge on any atom is -0.481 e. The van der Waals surface area contributed by atoms with Crippen LogP contribution in [0.5, 0.6) is 0 Å². The van der Waals surface area contributed by atoms with E-state index in [0.717, 1.165) is 19.5 Å². The van der Waals surface area contributed by atoms with Crippen molar-refractivity contribution < 1.29 is 14.5 Å². The van der Waals surface area contributed by atoms with Crippen LogP contribution >= 0.6 is 0 Å². The molecule has 0 bridgehead atoms. The average molecular weight is 581 g/mol. The van der Waals surface area contributed by atoms with Crippen molar-refractivity contribution in [1.82, 2.24) is 10.3 Å². The molecule has 2 aromatic rings. The number of pyridine rings is 2. The third-order valence-electron chi connectivity index (χ3n) is 8.36. The standard InChI is InChI=1S/C37H61N3O2/c41-37(42)27-30-38-28-19-15-11-7-3-1-6-10-14-18-24-36-26-22-32-40(34-36)31-20-16-12-8-4-2-5-9-13-17-23-35-25-21-29-39-33-35/h21-22,25-26,29,32-34,38H,1-20,23-24,27-28,30-31H2/p+1. The molecule has 0 aromatic carbocycles. The lowest BCUT2D eigenvalue weighted by atomic mass is 10.0. The number of nitrogens with one attached hydrogen (secondary N) is 1. The highest BCUT2D eigenvalue weighted by molar-refractivity contribution is 5.66. The molecule has 0 atom stereocenters. The van der Waals surface area contributed by atoms with Crippen LogP contribution in [0.1, 0.15) is 146 Å². The number of hydrogen-bond acceptors (Lipinski definition) is 3. The number of nitrogens with zero attached hydrogens (tertiary/aromatic N) is 2. The molecule has 0 fully saturated rings. The quantitative estimate of drug-likeness (QED) is 0.0744. The molecule has 5 heteroatoms. The van der Waals surface area contributed by atoms with Gasteiger partial charge >= 0.3 is 5.97 Å². The van der Waals surface area contributed by atoms with Crippen molar-refractivity contribution in [2.24, 2.45) is 0 Å². The summed E-state index contributed by atoms with van der Waals surface area (Å²) in [6, 6.07) is 8.77. The van der Waals surface area contributed by atoms with Crippen LogP contribution in [0.25, 0.3) is 0 Å². The Hall–Kier alpha value is -2.27. The van der Waals surface area contributed by atoms with Crippen LogP contribution in [0.4, 0.5) is 0 Å². The molecule has 0 saturated carbocycles. The number of rotatable bonds is 29. The first-order valence-electron chi connectivity index (χ1n) is 17.5. The van der Waals surface area contributed by atoms with E-state index in [2.05, 4.69) is 45.5 Å². The lowest BCUT2D eigenvalue weighted by Gasteiger charge is -2.05. The molecular formula is C37H62N3O2+. The van der Waals surface area contributed by atoms with Crippen LogP contribution in [0, 0.1) is 0 Å². The van der Waals surface area contributed by atoms with Gasteiger partial charge in [-0.05, 0) is 62.8 Å². The van der Waals surface area contributed by atoms with Gasteiger partial charge in [0.2, 0.25) is 0 Å². The summed E-state index contributed by atoms with van der Waals surface area (Å²) >= 11 is 0. The SMILES string of the molecule is O=C(O)CCNCCCCCCCCCCCCc1ccc[n+](CCCCCCCCCCCCc2cccnc2)c1.